The molecule has 368 valence electrons. The van der Waals surface area contributed by atoms with Crippen molar-refractivity contribution in [2.75, 3.05) is 20.2 Å². The van der Waals surface area contributed by atoms with E-state index in [4.69, 9.17) is 34.0 Å². The van der Waals surface area contributed by atoms with Gasteiger partial charge in [0.25, 0.3) is 0 Å². The van der Waals surface area contributed by atoms with Gasteiger partial charge in [-0.3, -0.25) is 18.6 Å². The second-order valence-corrected chi connectivity index (χ2v) is 18.1. The minimum absolute atomic E-state index is 0.103. The van der Waals surface area contributed by atoms with Crippen molar-refractivity contribution < 1.29 is 47.9 Å². The normalized spacial score (nSPS) is 23.0. The van der Waals surface area contributed by atoms with Crippen LogP contribution in [0, 0.1) is 11.6 Å². The zero-order chi connectivity index (χ0) is 48.6. The quantitative estimate of drug-likeness (QED) is 0.123. The monoisotopic (exact) mass is 956 g/mol. The number of aliphatic hydroxyl groups excluding tert-OH is 1. The van der Waals surface area contributed by atoms with E-state index in [0.717, 1.165) is 57.9 Å². The highest BCUT2D eigenvalue weighted by Crippen LogP contribution is 2.38. The molecule has 0 radical (unpaired) electrons. The number of hydrogen-bond donors (Lipinski definition) is 3. The Labute approximate surface area is 395 Å². The smallest absolute Gasteiger partial charge is 0.414 e. The minimum Gasteiger partial charge on any atom is -0.473 e. The van der Waals surface area contributed by atoms with E-state index in [2.05, 4.69) is 20.0 Å². The summed E-state index contributed by atoms with van der Waals surface area (Å²) in [6.45, 7) is 2.45. The lowest BCUT2D eigenvalue weighted by Crippen LogP contribution is -2.49. The minimum atomic E-state index is -1.82. The SMILES string of the molecule is COC(CN1C2CCC1CC(OCc1ccccc1F)C2)Cn1nc2ccccn2c1=O.O=C(O)C(=O)O.O=c1n(CC(O)CN2C3CCC2CC(OCc2ccccc2F)C3)nc2ccccn12. The molecule has 4 aliphatic rings. The number of pyridine rings is 2. The van der Waals surface area contributed by atoms with E-state index in [1.165, 1.54) is 25.9 Å². The number of aliphatic carboxylic acids is 2. The average molecular weight is 957 g/mol. The molecule has 8 heterocycles. The summed E-state index contributed by atoms with van der Waals surface area (Å²) in [5.41, 5.74) is 2.03. The maximum Gasteiger partial charge on any atom is 0.414 e. The molecule has 20 heteroatoms. The Balaban J connectivity index is 0.000000167. The zero-order valence-electron chi connectivity index (χ0n) is 38.3. The molecule has 10 rings (SSSR count). The van der Waals surface area contributed by atoms with Crippen LogP contribution < -0.4 is 11.4 Å². The number of ether oxygens (including phenoxy) is 3. The molecule has 3 N–H and O–H groups in total. The summed E-state index contributed by atoms with van der Waals surface area (Å²) >= 11 is 0. The van der Waals surface area contributed by atoms with Gasteiger partial charge in [-0.15, -0.1) is 10.2 Å². The summed E-state index contributed by atoms with van der Waals surface area (Å²) in [7, 11) is 1.69. The summed E-state index contributed by atoms with van der Waals surface area (Å²) in [5.74, 6) is -4.09. The van der Waals surface area contributed by atoms with Crippen molar-refractivity contribution >= 4 is 23.2 Å². The van der Waals surface area contributed by atoms with E-state index in [9.17, 15) is 23.5 Å². The first-order chi connectivity index (χ1) is 33.3. The molecule has 18 nitrogen and oxygen atoms in total. The highest BCUT2D eigenvalue weighted by molar-refractivity contribution is 6.27. The topological polar surface area (TPSA) is 208 Å². The van der Waals surface area contributed by atoms with Crippen molar-refractivity contribution in [2.24, 2.45) is 0 Å². The van der Waals surface area contributed by atoms with Crippen LogP contribution in [0.3, 0.4) is 0 Å². The maximum atomic E-state index is 13.9. The second-order valence-electron chi connectivity index (χ2n) is 18.1. The number of methoxy groups -OCH3 is 1. The Kier molecular flexibility index (Phi) is 16.1. The van der Waals surface area contributed by atoms with E-state index >= 15 is 0 Å². The number of carbonyl (C=O) groups is 2. The van der Waals surface area contributed by atoms with E-state index in [0.29, 0.717) is 66.3 Å². The van der Waals surface area contributed by atoms with E-state index in [1.807, 2.05) is 36.4 Å². The summed E-state index contributed by atoms with van der Waals surface area (Å²) in [5, 5.41) is 34.2. The van der Waals surface area contributed by atoms with Crippen LogP contribution in [-0.4, -0.2) is 134 Å². The van der Waals surface area contributed by atoms with E-state index < -0.39 is 18.0 Å². The predicted molar refractivity (Wildman–Crippen MR) is 246 cm³/mol. The van der Waals surface area contributed by atoms with Crippen LogP contribution in [-0.2, 0) is 50.1 Å². The van der Waals surface area contributed by atoms with Crippen LogP contribution in [0.5, 0.6) is 0 Å². The van der Waals surface area contributed by atoms with Gasteiger partial charge in [0.05, 0.1) is 50.7 Å². The predicted octanol–water partition coefficient (Wildman–Crippen LogP) is 4.23. The molecule has 4 bridgehead atoms. The number of carboxylic acids is 2. The fourth-order valence-corrected chi connectivity index (χ4v) is 10.3. The van der Waals surface area contributed by atoms with Crippen LogP contribution >= 0.6 is 0 Å². The molecule has 6 unspecified atom stereocenters. The van der Waals surface area contributed by atoms with Gasteiger partial charge in [0.1, 0.15) is 11.6 Å². The lowest BCUT2D eigenvalue weighted by molar-refractivity contribution is -0.159. The molecule has 4 aromatic heterocycles. The summed E-state index contributed by atoms with van der Waals surface area (Å²) in [4.78, 5) is 48.1. The average Bonchev–Trinajstić information content (AvgIpc) is 3.98. The van der Waals surface area contributed by atoms with E-state index in [-0.39, 0.29) is 54.5 Å². The summed E-state index contributed by atoms with van der Waals surface area (Å²) in [6.07, 6.45) is 10.9. The van der Waals surface area contributed by atoms with Crippen molar-refractivity contribution in [1.29, 1.82) is 0 Å². The third-order valence-corrected chi connectivity index (χ3v) is 13.6. The summed E-state index contributed by atoms with van der Waals surface area (Å²) < 4.78 is 51.5. The van der Waals surface area contributed by atoms with Gasteiger partial charge in [-0.1, -0.05) is 48.5 Å². The Morgan fingerprint density at radius 3 is 1.42 bits per heavy atom. The van der Waals surface area contributed by atoms with Crippen LogP contribution in [0.4, 0.5) is 8.78 Å². The zero-order valence-corrected chi connectivity index (χ0v) is 38.3. The fourth-order valence-electron chi connectivity index (χ4n) is 10.3. The first kappa shape index (κ1) is 49.3. The van der Waals surface area contributed by atoms with Gasteiger partial charge in [-0.2, -0.15) is 0 Å². The maximum absolute atomic E-state index is 13.9. The molecule has 0 saturated carbocycles. The molecule has 0 amide bonds. The van der Waals surface area contributed by atoms with Crippen LogP contribution in [0.15, 0.2) is 107 Å². The fraction of sp³-hybridized carbons (Fsp3) is 0.469. The molecule has 0 spiro atoms. The number of aromatic nitrogens is 6. The van der Waals surface area contributed by atoms with Crippen LogP contribution in [0.1, 0.15) is 62.5 Å². The molecule has 2 aromatic carbocycles. The molecule has 6 aromatic rings. The van der Waals surface area contributed by atoms with Gasteiger partial charge in [0, 0.05) is 67.9 Å². The molecular weight excluding hydrogens is 899 g/mol. The number of carboxylic acid groups (broad SMARTS) is 2. The van der Waals surface area contributed by atoms with Gasteiger partial charge in [0.2, 0.25) is 0 Å². The molecular formula is C49H58F2N8O10. The Hall–Kier alpha value is -6.16. The number of nitrogens with zero attached hydrogens (tertiary/aromatic N) is 8. The number of fused-ring (bicyclic) bond motifs is 6. The van der Waals surface area contributed by atoms with Crippen LogP contribution in [0.25, 0.3) is 11.3 Å². The molecule has 6 atom stereocenters. The second kappa shape index (κ2) is 22.5. The number of hydrogen-bond acceptors (Lipinski definition) is 12. The third kappa shape index (κ3) is 12.0. The van der Waals surface area contributed by atoms with Crippen molar-refractivity contribution in [2.45, 2.75) is 126 Å². The lowest BCUT2D eigenvalue weighted by Gasteiger charge is -2.40. The van der Waals surface area contributed by atoms with Gasteiger partial charge in [-0.25, -0.2) is 37.3 Å². The Morgan fingerprint density at radius 1 is 0.609 bits per heavy atom. The molecule has 0 aliphatic carbocycles. The van der Waals surface area contributed by atoms with Crippen LogP contribution in [0.2, 0.25) is 0 Å². The third-order valence-electron chi connectivity index (χ3n) is 13.6. The molecule has 4 aliphatic heterocycles. The first-order valence-corrected chi connectivity index (χ1v) is 23.3. The number of aliphatic hydroxyl groups is 1. The van der Waals surface area contributed by atoms with Crippen molar-refractivity contribution in [1.82, 2.24) is 38.2 Å². The van der Waals surface area contributed by atoms with Gasteiger partial charge in [-0.05, 0) is 87.8 Å². The summed E-state index contributed by atoms with van der Waals surface area (Å²) in [6, 6.07) is 26.0. The van der Waals surface area contributed by atoms with Gasteiger partial charge < -0.3 is 29.5 Å². The van der Waals surface area contributed by atoms with Crippen molar-refractivity contribution in [3.63, 3.8) is 0 Å². The Morgan fingerprint density at radius 2 is 1.01 bits per heavy atom. The molecule has 4 saturated heterocycles. The lowest BCUT2D eigenvalue weighted by atomic mass is 9.99. The largest absolute Gasteiger partial charge is 0.473 e. The van der Waals surface area contributed by atoms with Crippen molar-refractivity contribution in [3.8, 4) is 0 Å². The number of benzene rings is 2. The van der Waals surface area contributed by atoms with Gasteiger partial charge >= 0.3 is 23.3 Å². The number of halogens is 2. The Bertz CT molecular complexity index is 2780. The molecule has 4 fully saturated rings. The molecule has 69 heavy (non-hydrogen) atoms. The highest BCUT2D eigenvalue weighted by Gasteiger charge is 2.43. The van der Waals surface area contributed by atoms with Crippen molar-refractivity contribution in [3.05, 3.63) is 141 Å². The first-order valence-electron chi connectivity index (χ1n) is 23.3. The van der Waals surface area contributed by atoms with Gasteiger partial charge in [0.15, 0.2) is 11.3 Å². The van der Waals surface area contributed by atoms with E-state index in [1.54, 1.807) is 60.3 Å². The number of rotatable bonds is 15. The highest BCUT2D eigenvalue weighted by atomic mass is 19.1. The number of piperidine rings is 2. The standard InChI is InChI=1S/C24H29FN4O3.C23H27FN4O3.C2H2O4/c1-31-21(15-29-24(30)27-11-5-4-8-23(27)26-29)14-28-18-9-10-19(28)13-20(12-18)32-16-17-6-2-3-7-22(17)25;24-21-6-2-1-5-16(21)15-31-20-11-17-8-9-18(12-20)27(17)13-19(29)14-28-23(30)26-10-4-3-7-22(26)25-28;3-1(4)2(5)6/h2-8,11,18-21H,9-10,12-16H2,1H3;1-7,10,17-20,29H,8-9,11-15H2;(H,3,4)(H,5,6).